The molecular formula is C6H5N3S. The maximum atomic E-state index is 6.63. The molecule has 1 heterocycles. The lowest BCUT2D eigenvalue weighted by molar-refractivity contribution is 1.08. The molecule has 0 fully saturated rings. The Hall–Kier alpha value is -1.08. The van der Waals surface area contributed by atoms with Crippen LogP contribution in [-0.4, -0.2) is 16.2 Å². The third-order valence-corrected chi connectivity index (χ3v) is 1.54. The van der Waals surface area contributed by atoms with Gasteiger partial charge < -0.3 is 4.85 Å². The Balaban J connectivity index is 3.01. The molecule has 0 spiro atoms. The molecule has 1 aromatic rings. The highest BCUT2D eigenvalue weighted by atomic mass is 32.2. The second-order valence-corrected chi connectivity index (χ2v) is 2.36. The van der Waals surface area contributed by atoms with E-state index in [1.54, 1.807) is 6.20 Å². The van der Waals surface area contributed by atoms with Gasteiger partial charge in [-0.2, -0.15) is 0 Å². The highest BCUT2D eigenvalue weighted by Crippen LogP contribution is 2.13. The number of nitrogens with zero attached hydrogens (tertiary/aromatic N) is 3. The lowest BCUT2D eigenvalue weighted by atomic mass is 10.7. The minimum absolute atomic E-state index is 0.354. The fraction of sp³-hybridized carbons (Fsp3) is 0.167. The number of thioether (sulfide) groups is 1. The smallest absolute Gasteiger partial charge is 0.289 e. The molecule has 0 unspecified atom stereocenters. The van der Waals surface area contributed by atoms with Crippen LogP contribution in [0.3, 0.4) is 0 Å². The fourth-order valence-corrected chi connectivity index (χ4v) is 0.842. The molecule has 0 N–H and O–H groups in total. The van der Waals surface area contributed by atoms with Crippen molar-refractivity contribution in [2.24, 2.45) is 0 Å². The summed E-state index contributed by atoms with van der Waals surface area (Å²) >= 11 is 1.48. The molecule has 0 aliphatic carbocycles. The molecule has 0 atom stereocenters. The summed E-state index contributed by atoms with van der Waals surface area (Å²) in [5.41, 5.74) is 0. The van der Waals surface area contributed by atoms with Gasteiger partial charge in [-0.25, -0.2) is 0 Å². The van der Waals surface area contributed by atoms with Gasteiger partial charge in [-0.1, -0.05) is 18.3 Å². The average molecular weight is 151 g/mol. The van der Waals surface area contributed by atoms with E-state index in [0.717, 1.165) is 5.03 Å². The number of aromatic nitrogens is 2. The Kier molecular flexibility index (Phi) is 2.24. The largest absolute Gasteiger partial charge is 0.359 e. The summed E-state index contributed by atoms with van der Waals surface area (Å²) < 4.78 is 0. The maximum Gasteiger partial charge on any atom is 0.289 e. The van der Waals surface area contributed by atoms with Crippen LogP contribution in [0.25, 0.3) is 4.85 Å². The first-order valence-electron chi connectivity index (χ1n) is 2.60. The fourth-order valence-electron chi connectivity index (χ4n) is 0.491. The second kappa shape index (κ2) is 3.18. The van der Waals surface area contributed by atoms with Crippen LogP contribution < -0.4 is 0 Å². The first kappa shape index (κ1) is 7.03. The summed E-state index contributed by atoms with van der Waals surface area (Å²) in [7, 11) is 0. The van der Waals surface area contributed by atoms with Crippen LogP contribution in [0.4, 0.5) is 5.82 Å². The summed E-state index contributed by atoms with van der Waals surface area (Å²) in [6.45, 7) is 6.63. The summed E-state index contributed by atoms with van der Waals surface area (Å²) in [6, 6.07) is 0. The van der Waals surface area contributed by atoms with Gasteiger partial charge >= 0.3 is 0 Å². The molecule has 0 aliphatic heterocycles. The minimum Gasteiger partial charge on any atom is -0.359 e. The predicted molar refractivity (Wildman–Crippen MR) is 40.1 cm³/mol. The van der Waals surface area contributed by atoms with Crippen LogP contribution in [0.2, 0.25) is 0 Å². The standard InChI is InChI=1S/C6H5N3S/c1-7-5-3-8-4-6(9-5)10-2/h3-4H,2H3. The van der Waals surface area contributed by atoms with Crippen molar-refractivity contribution in [2.45, 2.75) is 5.03 Å². The lowest BCUT2D eigenvalue weighted by Crippen LogP contribution is -1.79. The van der Waals surface area contributed by atoms with Gasteiger partial charge in [0.05, 0.1) is 12.4 Å². The van der Waals surface area contributed by atoms with Crippen molar-refractivity contribution in [2.75, 3.05) is 6.26 Å². The summed E-state index contributed by atoms with van der Waals surface area (Å²) in [6.07, 6.45) is 4.99. The first-order chi connectivity index (χ1) is 4.86. The molecule has 0 saturated heterocycles. The van der Waals surface area contributed by atoms with Crippen molar-refractivity contribution in [1.29, 1.82) is 0 Å². The highest BCUT2D eigenvalue weighted by Gasteiger charge is 1.97. The van der Waals surface area contributed by atoms with E-state index in [1.807, 2.05) is 6.26 Å². The Morgan fingerprint density at radius 1 is 1.60 bits per heavy atom. The van der Waals surface area contributed by atoms with Crippen molar-refractivity contribution >= 4 is 17.6 Å². The molecule has 0 amide bonds. The van der Waals surface area contributed by atoms with E-state index in [4.69, 9.17) is 6.57 Å². The molecule has 50 valence electrons. The number of hydrogen-bond acceptors (Lipinski definition) is 3. The molecular weight excluding hydrogens is 146 g/mol. The zero-order valence-corrected chi connectivity index (χ0v) is 6.22. The SMILES string of the molecule is [C-]#[N+]c1cncc(SC)n1. The van der Waals surface area contributed by atoms with Crippen molar-refractivity contribution in [3.05, 3.63) is 23.8 Å². The molecule has 0 bridgehead atoms. The van der Waals surface area contributed by atoms with Gasteiger partial charge in [0.1, 0.15) is 0 Å². The van der Waals surface area contributed by atoms with E-state index in [-0.39, 0.29) is 0 Å². The zero-order chi connectivity index (χ0) is 7.40. The van der Waals surface area contributed by atoms with Crippen LogP contribution in [-0.2, 0) is 0 Å². The molecule has 0 aromatic carbocycles. The van der Waals surface area contributed by atoms with Crippen LogP contribution in [0.1, 0.15) is 0 Å². The summed E-state index contributed by atoms with van der Waals surface area (Å²) in [5.74, 6) is 0.354. The monoisotopic (exact) mass is 151 g/mol. The maximum absolute atomic E-state index is 6.63. The van der Waals surface area contributed by atoms with Crippen LogP contribution in [0, 0.1) is 6.57 Å². The van der Waals surface area contributed by atoms with E-state index in [2.05, 4.69) is 14.8 Å². The van der Waals surface area contributed by atoms with Crippen molar-refractivity contribution < 1.29 is 0 Å². The van der Waals surface area contributed by atoms with Gasteiger partial charge in [0.2, 0.25) is 5.03 Å². The molecule has 0 aliphatic rings. The van der Waals surface area contributed by atoms with Crippen molar-refractivity contribution in [3.63, 3.8) is 0 Å². The molecule has 0 radical (unpaired) electrons. The van der Waals surface area contributed by atoms with Crippen molar-refractivity contribution in [3.8, 4) is 0 Å². The zero-order valence-electron chi connectivity index (χ0n) is 5.40. The minimum atomic E-state index is 0.354. The van der Waals surface area contributed by atoms with Gasteiger partial charge in [0.25, 0.3) is 5.82 Å². The number of hydrogen-bond donors (Lipinski definition) is 0. The van der Waals surface area contributed by atoms with Crippen LogP contribution in [0.15, 0.2) is 17.4 Å². The Labute approximate surface area is 63.3 Å². The van der Waals surface area contributed by atoms with Crippen LogP contribution >= 0.6 is 11.8 Å². The van der Waals surface area contributed by atoms with E-state index >= 15 is 0 Å². The third-order valence-electron chi connectivity index (χ3n) is 0.923. The molecule has 4 heteroatoms. The summed E-state index contributed by atoms with van der Waals surface area (Å²) in [4.78, 5) is 10.9. The van der Waals surface area contributed by atoms with Gasteiger partial charge in [-0.15, -0.1) is 4.98 Å². The molecule has 1 aromatic heterocycles. The van der Waals surface area contributed by atoms with Crippen LogP contribution in [0.5, 0.6) is 0 Å². The Morgan fingerprint density at radius 3 is 3.00 bits per heavy atom. The molecule has 3 nitrogen and oxygen atoms in total. The topological polar surface area (TPSA) is 30.1 Å². The van der Waals surface area contributed by atoms with Gasteiger partial charge in [-0.3, -0.25) is 4.98 Å². The Morgan fingerprint density at radius 2 is 2.40 bits per heavy atom. The third kappa shape index (κ3) is 1.45. The first-order valence-corrected chi connectivity index (χ1v) is 3.83. The van der Waals surface area contributed by atoms with E-state index < -0.39 is 0 Å². The normalized spacial score (nSPS) is 8.80. The predicted octanol–water partition coefficient (Wildman–Crippen LogP) is 1.75. The van der Waals surface area contributed by atoms with Gasteiger partial charge in [0.15, 0.2) is 0 Å². The van der Waals surface area contributed by atoms with Crippen molar-refractivity contribution in [1.82, 2.24) is 9.97 Å². The molecule has 1 rings (SSSR count). The second-order valence-electron chi connectivity index (χ2n) is 1.53. The highest BCUT2D eigenvalue weighted by molar-refractivity contribution is 7.98. The molecule has 10 heavy (non-hydrogen) atoms. The van der Waals surface area contributed by atoms with Gasteiger partial charge in [0, 0.05) is 0 Å². The molecule has 0 saturated carbocycles. The summed E-state index contributed by atoms with van der Waals surface area (Å²) in [5, 5.41) is 0.786. The quantitative estimate of drug-likeness (QED) is 0.452. The average Bonchev–Trinajstić information content (AvgIpc) is 2.05. The van der Waals surface area contributed by atoms with E-state index in [1.165, 1.54) is 18.0 Å². The van der Waals surface area contributed by atoms with E-state index in [9.17, 15) is 0 Å². The Bertz CT molecular complexity index is 266. The van der Waals surface area contributed by atoms with E-state index in [0.29, 0.717) is 5.82 Å². The number of rotatable bonds is 1. The lowest BCUT2D eigenvalue weighted by Gasteiger charge is -1.88. The van der Waals surface area contributed by atoms with Gasteiger partial charge in [-0.05, 0) is 6.26 Å².